The fourth-order valence-corrected chi connectivity index (χ4v) is 2.48. The van der Waals surface area contributed by atoms with Gasteiger partial charge in [0.2, 0.25) is 0 Å². The number of alkyl halides is 2. The molecule has 7 heteroatoms. The molecule has 0 saturated carbocycles. The van der Waals surface area contributed by atoms with Crippen molar-refractivity contribution in [1.29, 1.82) is 0 Å². The topological polar surface area (TPSA) is 54.4 Å². The summed E-state index contributed by atoms with van der Waals surface area (Å²) in [6.45, 7) is 0. The van der Waals surface area contributed by atoms with Crippen LogP contribution in [0.5, 0.6) is 0 Å². The van der Waals surface area contributed by atoms with E-state index in [-0.39, 0.29) is 39.0 Å². The van der Waals surface area contributed by atoms with Crippen LogP contribution in [-0.4, -0.2) is 52.0 Å². The fourth-order valence-electron chi connectivity index (χ4n) is 0.159. The van der Waals surface area contributed by atoms with Crippen LogP contribution in [0.1, 0.15) is 0 Å². The fraction of sp³-hybridized carbons (Fsp3) is 1.00. The molecule has 0 radical (unpaired) electrons. The van der Waals surface area contributed by atoms with E-state index < -0.39 is 10.1 Å². The molecule has 0 atom stereocenters. The van der Waals surface area contributed by atoms with Gasteiger partial charge >= 0.3 is 29.6 Å². The Morgan fingerprint density at radius 3 is 1.78 bits per heavy atom. The molecule has 0 heterocycles. The van der Waals surface area contributed by atoms with Crippen molar-refractivity contribution in [3.05, 3.63) is 0 Å². The maximum absolute atomic E-state index is 9.94. The van der Waals surface area contributed by atoms with Gasteiger partial charge in [0, 0.05) is 0 Å². The first kappa shape index (κ1) is 13.5. The molecular formula is C2H5Br2NaO3S. The third-order valence-corrected chi connectivity index (χ3v) is 2.60. The van der Waals surface area contributed by atoms with Crippen LogP contribution in [0.25, 0.3) is 0 Å². The second kappa shape index (κ2) is 5.51. The summed E-state index contributed by atoms with van der Waals surface area (Å²) in [6, 6.07) is 0. The van der Waals surface area contributed by atoms with Crippen LogP contribution in [0.3, 0.4) is 0 Å². The minimum absolute atomic E-state index is 0. The maximum atomic E-state index is 9.94. The van der Waals surface area contributed by atoms with E-state index in [2.05, 4.69) is 31.9 Å². The summed E-state index contributed by atoms with van der Waals surface area (Å²) in [5.41, 5.74) is 0. The standard InChI is InChI=1S/C2H4Br2O3S.Na.H/c3-2(4)1-8(5,6)7;;/h2H,1H2,(H,5,6,7);;. The summed E-state index contributed by atoms with van der Waals surface area (Å²) in [5, 5.41) is 0. The van der Waals surface area contributed by atoms with Gasteiger partial charge in [-0.3, -0.25) is 4.55 Å². The SMILES string of the molecule is O=S(=O)(O)CC(Br)Br.[NaH]. The molecule has 0 aliphatic rings. The number of rotatable bonds is 2. The molecule has 1 N–H and O–H groups in total. The Morgan fingerprint density at radius 2 is 1.78 bits per heavy atom. The number of hydrogen-bond donors (Lipinski definition) is 1. The Kier molecular flexibility index (Phi) is 8.24. The molecule has 52 valence electrons. The molecule has 0 aromatic heterocycles. The Labute approximate surface area is 92.9 Å². The summed E-state index contributed by atoms with van der Waals surface area (Å²) in [5.74, 6) is -0.312. The van der Waals surface area contributed by atoms with Crippen LogP contribution in [-0.2, 0) is 10.1 Å². The van der Waals surface area contributed by atoms with E-state index in [9.17, 15) is 8.42 Å². The van der Waals surface area contributed by atoms with Gasteiger partial charge in [0.25, 0.3) is 10.1 Å². The third-order valence-electron chi connectivity index (χ3n) is 0.337. The number of halogens is 2. The van der Waals surface area contributed by atoms with Crippen molar-refractivity contribution in [2.75, 3.05) is 5.75 Å². The van der Waals surface area contributed by atoms with E-state index >= 15 is 0 Å². The van der Waals surface area contributed by atoms with Gasteiger partial charge in [0.15, 0.2) is 0 Å². The van der Waals surface area contributed by atoms with E-state index in [0.29, 0.717) is 0 Å². The van der Waals surface area contributed by atoms with Crippen molar-refractivity contribution in [2.45, 2.75) is 3.74 Å². The summed E-state index contributed by atoms with van der Waals surface area (Å²) in [4.78, 5) is 0. The van der Waals surface area contributed by atoms with E-state index in [1.807, 2.05) is 0 Å². The van der Waals surface area contributed by atoms with E-state index in [1.165, 1.54) is 0 Å². The van der Waals surface area contributed by atoms with Gasteiger partial charge < -0.3 is 0 Å². The average molecular weight is 292 g/mol. The molecule has 0 saturated heterocycles. The Balaban J connectivity index is 0. The van der Waals surface area contributed by atoms with Gasteiger partial charge in [-0.05, 0) is 0 Å². The first-order valence-corrected chi connectivity index (χ1v) is 5.09. The predicted octanol–water partition coefficient (Wildman–Crippen LogP) is 0.342. The zero-order valence-corrected chi connectivity index (χ0v) is 7.70. The molecular weight excluding hydrogens is 287 g/mol. The second-order valence-electron chi connectivity index (χ2n) is 1.14. The van der Waals surface area contributed by atoms with E-state index in [4.69, 9.17) is 4.55 Å². The number of hydrogen-bond acceptors (Lipinski definition) is 2. The van der Waals surface area contributed by atoms with Crippen molar-refractivity contribution in [1.82, 2.24) is 0 Å². The van der Waals surface area contributed by atoms with E-state index in [0.717, 1.165) is 0 Å². The molecule has 3 nitrogen and oxygen atoms in total. The minimum atomic E-state index is -3.82. The molecule has 0 aromatic rings. The Bertz CT molecular complexity index is 153. The van der Waals surface area contributed by atoms with Crippen LogP contribution < -0.4 is 0 Å². The quantitative estimate of drug-likeness (QED) is 0.454. The van der Waals surface area contributed by atoms with Gasteiger partial charge in [0.1, 0.15) is 0 Å². The predicted molar refractivity (Wildman–Crippen MR) is 45.2 cm³/mol. The second-order valence-corrected chi connectivity index (χ2v) is 6.08. The molecule has 0 aliphatic carbocycles. The van der Waals surface area contributed by atoms with Crippen LogP contribution in [0.4, 0.5) is 0 Å². The Morgan fingerprint density at radius 1 is 1.44 bits per heavy atom. The zero-order valence-electron chi connectivity index (χ0n) is 3.71. The van der Waals surface area contributed by atoms with Crippen molar-refractivity contribution >= 4 is 71.5 Å². The van der Waals surface area contributed by atoms with Crippen molar-refractivity contribution in [3.8, 4) is 0 Å². The zero-order chi connectivity index (χ0) is 6.78. The van der Waals surface area contributed by atoms with Gasteiger partial charge in [-0.2, -0.15) is 8.42 Å². The van der Waals surface area contributed by atoms with Crippen molar-refractivity contribution in [3.63, 3.8) is 0 Å². The first-order chi connectivity index (χ1) is 3.42. The average Bonchev–Trinajstić information content (AvgIpc) is 1.21. The first-order valence-electron chi connectivity index (χ1n) is 1.65. The molecule has 0 fully saturated rings. The van der Waals surface area contributed by atoms with Crippen LogP contribution in [0.2, 0.25) is 0 Å². The van der Waals surface area contributed by atoms with Crippen molar-refractivity contribution in [2.24, 2.45) is 0 Å². The van der Waals surface area contributed by atoms with Crippen molar-refractivity contribution < 1.29 is 13.0 Å². The van der Waals surface area contributed by atoms with Gasteiger partial charge in [0.05, 0.1) is 9.49 Å². The van der Waals surface area contributed by atoms with Gasteiger partial charge in [-0.25, -0.2) is 0 Å². The molecule has 9 heavy (non-hydrogen) atoms. The summed E-state index contributed by atoms with van der Waals surface area (Å²) >= 11 is 5.78. The van der Waals surface area contributed by atoms with Gasteiger partial charge in [-0.1, -0.05) is 31.9 Å². The molecule has 0 aliphatic heterocycles. The van der Waals surface area contributed by atoms with Crippen LogP contribution >= 0.6 is 31.9 Å². The molecule has 0 bridgehead atoms. The van der Waals surface area contributed by atoms with Crippen LogP contribution in [0, 0.1) is 0 Å². The normalized spacial score (nSPS) is 11.1. The molecule has 0 unspecified atom stereocenters. The van der Waals surface area contributed by atoms with Gasteiger partial charge in [-0.15, -0.1) is 0 Å². The van der Waals surface area contributed by atoms with Crippen LogP contribution in [0.15, 0.2) is 0 Å². The summed E-state index contributed by atoms with van der Waals surface area (Å²) in [6.07, 6.45) is 0. The molecule has 0 aromatic carbocycles. The molecule has 0 rings (SSSR count). The molecule has 0 amide bonds. The third kappa shape index (κ3) is 13.0. The Hall–Kier alpha value is 1.87. The monoisotopic (exact) mass is 290 g/mol. The summed E-state index contributed by atoms with van der Waals surface area (Å²) in [7, 11) is -3.82. The molecule has 0 spiro atoms. The summed E-state index contributed by atoms with van der Waals surface area (Å²) < 4.78 is 27.6. The van der Waals surface area contributed by atoms with E-state index in [1.54, 1.807) is 0 Å².